The third kappa shape index (κ3) is 3.25. The SMILES string of the molecule is CCC(NCCN)[Si]1(OC)CCCCO1. The molecule has 1 fully saturated rings. The van der Waals surface area contributed by atoms with Gasteiger partial charge in [0, 0.05) is 26.8 Å². The van der Waals surface area contributed by atoms with Gasteiger partial charge in [0.25, 0.3) is 0 Å². The molecule has 1 saturated heterocycles. The molecule has 3 N–H and O–H groups in total. The fraction of sp³-hybridized carbons (Fsp3) is 1.00. The van der Waals surface area contributed by atoms with E-state index in [1.807, 2.05) is 0 Å². The van der Waals surface area contributed by atoms with Crippen LogP contribution in [0.3, 0.4) is 0 Å². The van der Waals surface area contributed by atoms with Gasteiger partial charge in [0.1, 0.15) is 0 Å². The van der Waals surface area contributed by atoms with E-state index in [0.717, 1.165) is 25.6 Å². The Hall–Kier alpha value is 0.0569. The predicted molar refractivity (Wildman–Crippen MR) is 63.9 cm³/mol. The zero-order valence-electron chi connectivity index (χ0n) is 9.92. The van der Waals surface area contributed by atoms with Crippen LogP contribution in [0.25, 0.3) is 0 Å². The van der Waals surface area contributed by atoms with Crippen LogP contribution in [0.15, 0.2) is 0 Å². The summed E-state index contributed by atoms with van der Waals surface area (Å²) in [5, 5.41) is 3.47. The molecular weight excluding hydrogens is 208 g/mol. The molecule has 2 unspecified atom stereocenters. The van der Waals surface area contributed by atoms with Crippen LogP contribution >= 0.6 is 0 Å². The molecule has 5 heteroatoms. The first-order chi connectivity index (χ1) is 7.29. The average Bonchev–Trinajstić information content (AvgIpc) is 2.31. The minimum Gasteiger partial charge on any atom is -0.397 e. The fourth-order valence-corrected chi connectivity index (χ4v) is 5.85. The van der Waals surface area contributed by atoms with Crippen LogP contribution in [0.4, 0.5) is 0 Å². The average molecular weight is 232 g/mol. The van der Waals surface area contributed by atoms with Crippen molar-refractivity contribution in [1.82, 2.24) is 5.32 Å². The van der Waals surface area contributed by atoms with E-state index in [1.165, 1.54) is 12.8 Å². The van der Waals surface area contributed by atoms with Gasteiger partial charge in [-0.1, -0.05) is 6.92 Å². The number of hydrogen-bond donors (Lipinski definition) is 2. The van der Waals surface area contributed by atoms with Gasteiger partial charge in [0.2, 0.25) is 0 Å². The van der Waals surface area contributed by atoms with Crippen LogP contribution in [0.1, 0.15) is 26.2 Å². The van der Waals surface area contributed by atoms with Gasteiger partial charge in [0.05, 0.1) is 5.67 Å². The van der Waals surface area contributed by atoms with E-state index in [1.54, 1.807) is 7.11 Å². The highest BCUT2D eigenvalue weighted by Gasteiger charge is 2.45. The lowest BCUT2D eigenvalue weighted by atomic mass is 10.4. The number of nitrogens with two attached hydrogens (primary N) is 1. The summed E-state index contributed by atoms with van der Waals surface area (Å²) in [4.78, 5) is 0. The van der Waals surface area contributed by atoms with Gasteiger partial charge in [-0.2, -0.15) is 0 Å². The van der Waals surface area contributed by atoms with Crippen molar-refractivity contribution in [2.45, 2.75) is 37.9 Å². The van der Waals surface area contributed by atoms with Crippen molar-refractivity contribution in [3.8, 4) is 0 Å². The summed E-state index contributed by atoms with van der Waals surface area (Å²) in [6.45, 7) is 4.56. The highest BCUT2D eigenvalue weighted by molar-refractivity contribution is 6.69. The van der Waals surface area contributed by atoms with Crippen molar-refractivity contribution in [3.05, 3.63) is 0 Å². The summed E-state index contributed by atoms with van der Waals surface area (Å²) < 4.78 is 11.7. The topological polar surface area (TPSA) is 56.5 Å². The normalized spacial score (nSPS) is 29.0. The molecule has 0 saturated carbocycles. The standard InChI is InChI=1S/C10H24N2O2Si/c1-3-10(12-7-6-11)15(13-2)9-5-4-8-14-15/h10,12H,3-9,11H2,1-2H3. The zero-order chi connectivity index (χ0) is 11.1. The first-order valence-corrected chi connectivity index (χ1v) is 8.01. The summed E-state index contributed by atoms with van der Waals surface area (Å²) >= 11 is 0. The van der Waals surface area contributed by atoms with Gasteiger partial charge < -0.3 is 19.9 Å². The molecule has 15 heavy (non-hydrogen) atoms. The first-order valence-electron chi connectivity index (χ1n) is 5.91. The van der Waals surface area contributed by atoms with E-state index in [0.29, 0.717) is 12.2 Å². The molecule has 0 spiro atoms. The molecule has 1 aliphatic heterocycles. The van der Waals surface area contributed by atoms with Gasteiger partial charge in [-0.15, -0.1) is 0 Å². The van der Waals surface area contributed by atoms with Crippen LogP contribution in [0.2, 0.25) is 6.04 Å². The maximum absolute atomic E-state index is 5.98. The van der Waals surface area contributed by atoms with Gasteiger partial charge in [-0.05, 0) is 25.3 Å². The Balaban J connectivity index is 2.58. The Bertz CT molecular complexity index is 175. The first kappa shape index (κ1) is 13.1. The highest BCUT2D eigenvalue weighted by atomic mass is 28.4. The molecule has 4 nitrogen and oxygen atoms in total. The van der Waals surface area contributed by atoms with Crippen LogP contribution in [-0.2, 0) is 8.85 Å². The smallest absolute Gasteiger partial charge is 0.355 e. The summed E-state index contributed by atoms with van der Waals surface area (Å²) in [5.74, 6) is 0. The van der Waals surface area contributed by atoms with Crippen molar-refractivity contribution >= 4 is 8.56 Å². The molecule has 0 aromatic heterocycles. The van der Waals surface area contributed by atoms with Crippen molar-refractivity contribution in [2.75, 3.05) is 26.8 Å². The minimum atomic E-state index is -1.99. The molecule has 1 aliphatic rings. The van der Waals surface area contributed by atoms with Gasteiger partial charge in [-0.3, -0.25) is 0 Å². The van der Waals surface area contributed by atoms with E-state index in [4.69, 9.17) is 14.6 Å². The number of rotatable bonds is 6. The zero-order valence-corrected chi connectivity index (χ0v) is 10.9. The molecular formula is C10H24N2O2Si. The maximum atomic E-state index is 5.98. The van der Waals surface area contributed by atoms with E-state index < -0.39 is 8.56 Å². The summed E-state index contributed by atoms with van der Waals surface area (Å²) in [7, 11) is -0.194. The van der Waals surface area contributed by atoms with Crippen molar-refractivity contribution in [1.29, 1.82) is 0 Å². The number of nitrogens with one attached hydrogen (secondary N) is 1. The third-order valence-electron chi connectivity index (χ3n) is 3.09. The second kappa shape index (κ2) is 6.60. The quantitative estimate of drug-likeness (QED) is 0.664. The Morgan fingerprint density at radius 3 is 2.80 bits per heavy atom. The second-order valence-corrected chi connectivity index (χ2v) is 7.54. The highest BCUT2D eigenvalue weighted by Crippen LogP contribution is 2.26. The molecule has 1 heterocycles. The van der Waals surface area contributed by atoms with Gasteiger partial charge in [0.15, 0.2) is 0 Å². The molecule has 0 aromatic rings. The third-order valence-corrected chi connectivity index (χ3v) is 7.19. The van der Waals surface area contributed by atoms with Gasteiger partial charge in [-0.25, -0.2) is 0 Å². The Kier molecular flexibility index (Phi) is 5.77. The Labute approximate surface area is 93.8 Å². The minimum absolute atomic E-state index is 0.381. The molecule has 0 aliphatic carbocycles. The molecule has 0 bridgehead atoms. The Morgan fingerprint density at radius 2 is 2.33 bits per heavy atom. The maximum Gasteiger partial charge on any atom is 0.355 e. The lowest BCUT2D eigenvalue weighted by molar-refractivity contribution is 0.159. The van der Waals surface area contributed by atoms with E-state index in [9.17, 15) is 0 Å². The fourth-order valence-electron chi connectivity index (χ4n) is 2.24. The summed E-state index contributed by atoms with van der Waals surface area (Å²) in [6, 6.07) is 1.11. The van der Waals surface area contributed by atoms with Crippen molar-refractivity contribution in [2.24, 2.45) is 5.73 Å². The molecule has 1 rings (SSSR count). The molecule has 0 aromatic carbocycles. The van der Waals surface area contributed by atoms with Crippen molar-refractivity contribution < 1.29 is 8.85 Å². The van der Waals surface area contributed by atoms with Crippen molar-refractivity contribution in [3.63, 3.8) is 0 Å². The Morgan fingerprint density at radius 1 is 1.53 bits per heavy atom. The van der Waals surface area contributed by atoms with Crippen LogP contribution in [0.5, 0.6) is 0 Å². The lowest BCUT2D eigenvalue weighted by Gasteiger charge is -2.39. The summed E-state index contributed by atoms with van der Waals surface area (Å²) in [6.07, 6.45) is 3.46. The van der Waals surface area contributed by atoms with Gasteiger partial charge >= 0.3 is 8.56 Å². The summed E-state index contributed by atoms with van der Waals surface area (Å²) in [5.41, 5.74) is 5.90. The van der Waals surface area contributed by atoms with Crippen LogP contribution in [-0.4, -0.2) is 41.0 Å². The molecule has 2 atom stereocenters. The monoisotopic (exact) mass is 232 g/mol. The van der Waals surface area contributed by atoms with E-state index >= 15 is 0 Å². The molecule has 0 radical (unpaired) electrons. The van der Waals surface area contributed by atoms with Crippen LogP contribution in [0, 0.1) is 0 Å². The van der Waals surface area contributed by atoms with E-state index in [-0.39, 0.29) is 0 Å². The second-order valence-electron chi connectivity index (χ2n) is 4.03. The van der Waals surface area contributed by atoms with Crippen LogP contribution < -0.4 is 11.1 Å². The molecule has 90 valence electrons. The lowest BCUT2D eigenvalue weighted by Crippen LogP contribution is -2.60. The van der Waals surface area contributed by atoms with E-state index in [2.05, 4.69) is 12.2 Å². The largest absolute Gasteiger partial charge is 0.397 e. The predicted octanol–water partition coefficient (Wildman–Crippen LogP) is 0.751. The molecule has 0 amide bonds. The number of hydrogen-bond acceptors (Lipinski definition) is 4.